The van der Waals surface area contributed by atoms with Crippen molar-refractivity contribution in [1.82, 2.24) is 0 Å². The van der Waals surface area contributed by atoms with Crippen molar-refractivity contribution in [3.8, 4) is 11.5 Å². The maximum absolute atomic E-state index is 12.2. The van der Waals surface area contributed by atoms with Crippen LogP contribution in [0.25, 0.3) is 0 Å². The maximum atomic E-state index is 12.2. The van der Waals surface area contributed by atoms with Gasteiger partial charge in [0.1, 0.15) is 19.8 Å². The molecule has 8 nitrogen and oxygen atoms in total. The summed E-state index contributed by atoms with van der Waals surface area (Å²) < 4.78 is 16.0. The van der Waals surface area contributed by atoms with Crippen LogP contribution in [0.2, 0.25) is 5.02 Å². The number of nitro groups is 1. The van der Waals surface area contributed by atoms with Gasteiger partial charge in [0.25, 0.3) is 5.69 Å². The molecule has 3 rings (SSSR count). The molecule has 0 amide bonds. The molecule has 130 valence electrons. The van der Waals surface area contributed by atoms with Crippen LogP contribution in [0.15, 0.2) is 30.3 Å². The van der Waals surface area contributed by atoms with Gasteiger partial charge < -0.3 is 19.9 Å². The minimum atomic E-state index is -0.771. The molecule has 0 spiro atoms. The van der Waals surface area contributed by atoms with E-state index in [1.165, 1.54) is 12.1 Å². The fourth-order valence-corrected chi connectivity index (χ4v) is 2.60. The van der Waals surface area contributed by atoms with Gasteiger partial charge in [0.05, 0.1) is 15.5 Å². The van der Waals surface area contributed by atoms with Gasteiger partial charge in [-0.1, -0.05) is 11.6 Å². The summed E-state index contributed by atoms with van der Waals surface area (Å²) in [5.41, 5.74) is 6.06. The van der Waals surface area contributed by atoms with E-state index in [0.717, 1.165) is 6.07 Å². The van der Waals surface area contributed by atoms with E-state index in [4.69, 9.17) is 31.5 Å². The van der Waals surface area contributed by atoms with Crippen LogP contribution in [0.1, 0.15) is 15.9 Å². The lowest BCUT2D eigenvalue weighted by molar-refractivity contribution is -0.384. The van der Waals surface area contributed by atoms with Crippen molar-refractivity contribution < 1.29 is 23.9 Å². The van der Waals surface area contributed by atoms with Crippen LogP contribution in [-0.4, -0.2) is 24.1 Å². The Bertz CT molecular complexity index is 855. The fraction of sp³-hybridized carbons (Fsp3) is 0.188. The highest BCUT2D eigenvalue weighted by atomic mass is 35.5. The van der Waals surface area contributed by atoms with Gasteiger partial charge in [-0.2, -0.15) is 0 Å². The average Bonchev–Trinajstić information content (AvgIpc) is 2.60. The number of fused-ring (bicyclic) bond motifs is 1. The number of carbonyl (C=O) groups excluding carboxylic acids is 1. The first kappa shape index (κ1) is 16.8. The van der Waals surface area contributed by atoms with E-state index < -0.39 is 10.9 Å². The molecule has 0 fully saturated rings. The molecule has 0 atom stereocenters. The van der Waals surface area contributed by atoms with Crippen LogP contribution >= 0.6 is 11.6 Å². The molecule has 0 radical (unpaired) electrons. The highest BCUT2D eigenvalue weighted by Crippen LogP contribution is 2.38. The van der Waals surface area contributed by atoms with Crippen molar-refractivity contribution in [3.05, 3.63) is 56.6 Å². The van der Waals surface area contributed by atoms with Gasteiger partial charge in [-0.05, 0) is 23.8 Å². The van der Waals surface area contributed by atoms with Gasteiger partial charge in [-0.15, -0.1) is 0 Å². The first-order valence-electron chi connectivity index (χ1n) is 7.25. The first-order chi connectivity index (χ1) is 12.0. The summed E-state index contributed by atoms with van der Waals surface area (Å²) in [4.78, 5) is 22.4. The lowest BCUT2D eigenvalue weighted by Gasteiger charge is -2.20. The zero-order valence-corrected chi connectivity index (χ0v) is 13.6. The summed E-state index contributed by atoms with van der Waals surface area (Å²) in [5, 5.41) is 11.2. The minimum absolute atomic E-state index is 0.0714. The van der Waals surface area contributed by atoms with Crippen LogP contribution in [0, 0.1) is 10.1 Å². The SMILES string of the molecule is Nc1ccc([N+](=O)[O-])cc1C(=O)OCc1cc(Cl)c2c(c1)OCCO2. The highest BCUT2D eigenvalue weighted by molar-refractivity contribution is 6.32. The molecule has 0 unspecified atom stereocenters. The third-order valence-electron chi connectivity index (χ3n) is 3.49. The van der Waals surface area contributed by atoms with Gasteiger partial charge in [-0.3, -0.25) is 10.1 Å². The average molecular weight is 365 g/mol. The highest BCUT2D eigenvalue weighted by Gasteiger charge is 2.19. The number of esters is 1. The Morgan fingerprint density at radius 3 is 2.80 bits per heavy atom. The van der Waals surface area contributed by atoms with Crippen molar-refractivity contribution in [2.24, 2.45) is 0 Å². The Kier molecular flexibility index (Phi) is 4.62. The number of nitro benzene ring substituents is 1. The second-order valence-corrected chi connectivity index (χ2v) is 5.61. The van der Waals surface area contributed by atoms with Crippen LogP contribution in [0.5, 0.6) is 11.5 Å². The molecule has 0 aliphatic carbocycles. The summed E-state index contributed by atoms with van der Waals surface area (Å²) >= 11 is 6.12. The predicted octanol–water partition coefficient (Wildman–Crippen LogP) is 2.96. The number of rotatable bonds is 4. The van der Waals surface area contributed by atoms with Crippen LogP contribution in [0.4, 0.5) is 11.4 Å². The number of hydrogen-bond donors (Lipinski definition) is 1. The van der Waals surface area contributed by atoms with E-state index in [-0.39, 0.29) is 23.5 Å². The van der Waals surface area contributed by atoms with E-state index in [2.05, 4.69) is 0 Å². The number of nitrogen functional groups attached to an aromatic ring is 1. The summed E-state index contributed by atoms with van der Waals surface area (Å²) in [6, 6.07) is 6.83. The second-order valence-electron chi connectivity index (χ2n) is 5.21. The van der Waals surface area contributed by atoms with Gasteiger partial charge in [0.15, 0.2) is 11.5 Å². The molecular formula is C16H13ClN2O6. The Morgan fingerprint density at radius 1 is 1.28 bits per heavy atom. The number of benzene rings is 2. The molecule has 1 heterocycles. The summed E-state index contributed by atoms with van der Waals surface area (Å²) in [7, 11) is 0. The molecule has 0 saturated heterocycles. The molecular weight excluding hydrogens is 352 g/mol. The summed E-state index contributed by atoms with van der Waals surface area (Å²) in [6.07, 6.45) is 0. The topological polar surface area (TPSA) is 114 Å². The Balaban J connectivity index is 1.76. The molecule has 25 heavy (non-hydrogen) atoms. The van der Waals surface area contributed by atoms with E-state index in [1.54, 1.807) is 12.1 Å². The number of non-ortho nitro benzene ring substituents is 1. The third kappa shape index (κ3) is 3.58. The summed E-state index contributed by atoms with van der Waals surface area (Å²) in [5.74, 6) is 0.151. The second kappa shape index (κ2) is 6.86. The van der Waals surface area contributed by atoms with E-state index in [9.17, 15) is 14.9 Å². The lowest BCUT2D eigenvalue weighted by atomic mass is 10.1. The lowest BCUT2D eigenvalue weighted by Crippen LogP contribution is -2.16. The molecule has 0 aromatic heterocycles. The van der Waals surface area contributed by atoms with Crippen LogP contribution < -0.4 is 15.2 Å². The fourth-order valence-electron chi connectivity index (χ4n) is 2.31. The number of anilines is 1. The number of hydrogen-bond acceptors (Lipinski definition) is 7. The van der Waals surface area contributed by atoms with Crippen molar-refractivity contribution in [2.45, 2.75) is 6.61 Å². The Morgan fingerprint density at radius 2 is 2.04 bits per heavy atom. The normalized spacial score (nSPS) is 12.5. The number of nitrogens with zero attached hydrogens (tertiary/aromatic N) is 1. The van der Waals surface area contributed by atoms with Crippen LogP contribution in [0.3, 0.4) is 0 Å². The van der Waals surface area contributed by atoms with Gasteiger partial charge >= 0.3 is 5.97 Å². The first-order valence-corrected chi connectivity index (χ1v) is 7.62. The molecule has 1 aliphatic heterocycles. The van der Waals surface area contributed by atoms with Crippen molar-refractivity contribution in [2.75, 3.05) is 18.9 Å². The molecule has 2 aromatic rings. The van der Waals surface area contributed by atoms with E-state index in [0.29, 0.717) is 35.3 Å². The Hall–Kier alpha value is -3.00. The smallest absolute Gasteiger partial charge is 0.340 e. The van der Waals surface area contributed by atoms with Crippen molar-refractivity contribution in [1.29, 1.82) is 0 Å². The minimum Gasteiger partial charge on any atom is -0.486 e. The van der Waals surface area contributed by atoms with Crippen molar-refractivity contribution in [3.63, 3.8) is 0 Å². The van der Waals surface area contributed by atoms with E-state index >= 15 is 0 Å². The van der Waals surface area contributed by atoms with E-state index in [1.807, 2.05) is 0 Å². The Labute approximate surface area is 147 Å². The zero-order chi connectivity index (χ0) is 18.0. The molecule has 0 bridgehead atoms. The van der Waals surface area contributed by atoms with Crippen LogP contribution in [-0.2, 0) is 11.3 Å². The number of nitrogens with two attached hydrogens (primary N) is 1. The molecule has 1 aliphatic rings. The molecule has 2 N–H and O–H groups in total. The van der Waals surface area contributed by atoms with Gasteiger partial charge in [0, 0.05) is 17.8 Å². The molecule has 9 heteroatoms. The maximum Gasteiger partial charge on any atom is 0.340 e. The quantitative estimate of drug-likeness (QED) is 0.384. The van der Waals surface area contributed by atoms with Gasteiger partial charge in [0.2, 0.25) is 0 Å². The molecule has 2 aromatic carbocycles. The number of carbonyl (C=O) groups is 1. The number of ether oxygens (including phenoxy) is 3. The standard InChI is InChI=1S/C16H13ClN2O6/c17-12-5-9(6-14-15(12)24-4-3-23-14)8-25-16(20)11-7-10(19(21)22)1-2-13(11)18/h1-2,5-7H,3-4,8,18H2. The monoisotopic (exact) mass is 364 g/mol. The number of halogens is 1. The largest absolute Gasteiger partial charge is 0.486 e. The predicted molar refractivity (Wildman–Crippen MR) is 89.1 cm³/mol. The molecule has 0 saturated carbocycles. The zero-order valence-electron chi connectivity index (χ0n) is 12.9. The summed E-state index contributed by atoms with van der Waals surface area (Å²) in [6.45, 7) is 0.710. The third-order valence-corrected chi connectivity index (χ3v) is 3.77. The van der Waals surface area contributed by atoms with Crippen molar-refractivity contribution >= 4 is 28.9 Å². The van der Waals surface area contributed by atoms with Gasteiger partial charge in [-0.25, -0.2) is 4.79 Å².